The number of rotatable bonds is 4. The molecule has 0 saturated heterocycles. The third kappa shape index (κ3) is 3.54. The van der Waals surface area contributed by atoms with Gasteiger partial charge in [-0.25, -0.2) is 4.98 Å². The fourth-order valence-corrected chi connectivity index (χ4v) is 3.57. The summed E-state index contributed by atoms with van der Waals surface area (Å²) >= 11 is 1.60. The van der Waals surface area contributed by atoms with E-state index in [1.54, 1.807) is 35.4 Å². The highest BCUT2D eigenvalue weighted by atomic mass is 32.1. The van der Waals surface area contributed by atoms with Crippen molar-refractivity contribution in [2.24, 2.45) is 0 Å². The summed E-state index contributed by atoms with van der Waals surface area (Å²) < 4.78 is 13.1. The lowest BCUT2D eigenvalue weighted by Crippen LogP contribution is -2.37. The highest BCUT2D eigenvalue weighted by molar-refractivity contribution is 7.09. The maximum Gasteiger partial charge on any atom is 0.292 e. The van der Waals surface area contributed by atoms with Crippen LogP contribution in [0.1, 0.15) is 32.6 Å². The molecule has 9 heteroatoms. The fourth-order valence-electron chi connectivity index (χ4n) is 2.97. The van der Waals surface area contributed by atoms with Gasteiger partial charge in [-0.05, 0) is 19.9 Å². The Labute approximate surface area is 154 Å². The van der Waals surface area contributed by atoms with Crippen LogP contribution in [0.2, 0.25) is 0 Å². The number of thiazole rings is 1. The van der Waals surface area contributed by atoms with Crippen LogP contribution < -0.4 is 0 Å². The number of carbonyl (C=O) groups is 1. The van der Waals surface area contributed by atoms with Crippen LogP contribution in [0.15, 0.2) is 28.2 Å². The summed E-state index contributed by atoms with van der Waals surface area (Å²) in [7, 11) is 0. The third-order valence-corrected chi connectivity index (χ3v) is 5.04. The predicted molar refractivity (Wildman–Crippen MR) is 93.6 cm³/mol. The number of amides is 1. The maximum absolute atomic E-state index is 12.8. The van der Waals surface area contributed by atoms with Gasteiger partial charge in [0, 0.05) is 24.2 Å². The number of hydrogen-bond acceptors (Lipinski definition) is 7. The lowest BCUT2D eigenvalue weighted by molar-refractivity contribution is 0.00712. The molecular formula is C17H19N5O3S. The first-order valence-electron chi connectivity index (χ1n) is 8.34. The molecular weight excluding hydrogens is 354 g/mol. The Hall–Kier alpha value is -2.52. The van der Waals surface area contributed by atoms with E-state index in [2.05, 4.69) is 15.2 Å². The number of fused-ring (bicyclic) bond motifs is 1. The number of aryl methyl sites for hydroxylation is 2. The van der Waals surface area contributed by atoms with Crippen molar-refractivity contribution in [3.8, 4) is 0 Å². The minimum atomic E-state index is -0.196. The second-order valence-corrected chi connectivity index (χ2v) is 7.38. The molecule has 1 amide bonds. The molecule has 26 heavy (non-hydrogen) atoms. The molecule has 0 saturated carbocycles. The Bertz CT molecular complexity index is 915. The summed E-state index contributed by atoms with van der Waals surface area (Å²) in [6.07, 6.45) is 1.55. The van der Waals surface area contributed by atoms with Crippen molar-refractivity contribution in [3.63, 3.8) is 0 Å². The molecule has 0 aromatic carbocycles. The lowest BCUT2D eigenvalue weighted by atomic mass is 10.3. The van der Waals surface area contributed by atoms with Crippen LogP contribution >= 0.6 is 11.3 Å². The van der Waals surface area contributed by atoms with E-state index in [0.717, 1.165) is 16.4 Å². The predicted octanol–water partition coefficient (Wildman–Crippen LogP) is 2.19. The van der Waals surface area contributed by atoms with Crippen LogP contribution in [-0.4, -0.2) is 43.4 Å². The minimum absolute atomic E-state index is 0.189. The molecule has 0 radical (unpaired) electrons. The maximum atomic E-state index is 12.8. The highest BCUT2D eigenvalue weighted by Gasteiger charge is 2.28. The smallest absolute Gasteiger partial charge is 0.292 e. The molecule has 1 atom stereocenters. The largest absolute Gasteiger partial charge is 0.368 e. The lowest BCUT2D eigenvalue weighted by Gasteiger charge is -2.23. The van der Waals surface area contributed by atoms with Crippen molar-refractivity contribution in [3.05, 3.63) is 51.6 Å². The summed E-state index contributed by atoms with van der Waals surface area (Å²) in [6.45, 7) is 5.66. The van der Waals surface area contributed by atoms with Crippen LogP contribution in [0.5, 0.6) is 0 Å². The molecule has 1 aliphatic heterocycles. The van der Waals surface area contributed by atoms with Crippen molar-refractivity contribution in [2.75, 3.05) is 6.54 Å². The van der Waals surface area contributed by atoms with Gasteiger partial charge in [0.15, 0.2) is 0 Å². The Morgan fingerprint density at radius 3 is 3.04 bits per heavy atom. The molecule has 3 aromatic rings. The normalized spacial score (nSPS) is 17.2. The van der Waals surface area contributed by atoms with Gasteiger partial charge in [-0.15, -0.1) is 11.3 Å². The number of hydrogen-bond donors (Lipinski definition) is 0. The van der Waals surface area contributed by atoms with E-state index in [-0.39, 0.29) is 17.8 Å². The average molecular weight is 373 g/mol. The van der Waals surface area contributed by atoms with Crippen molar-refractivity contribution in [2.45, 2.75) is 39.6 Å². The van der Waals surface area contributed by atoms with Gasteiger partial charge in [0.2, 0.25) is 5.76 Å². The zero-order valence-corrected chi connectivity index (χ0v) is 15.4. The van der Waals surface area contributed by atoms with Gasteiger partial charge in [-0.2, -0.15) is 5.10 Å². The molecule has 0 fully saturated rings. The van der Waals surface area contributed by atoms with E-state index in [1.807, 2.05) is 23.1 Å². The Balaban J connectivity index is 1.52. The van der Waals surface area contributed by atoms with Gasteiger partial charge in [0.05, 0.1) is 47.9 Å². The van der Waals surface area contributed by atoms with Crippen LogP contribution in [-0.2, 0) is 24.4 Å². The number of aromatic nitrogens is 4. The van der Waals surface area contributed by atoms with Crippen molar-refractivity contribution >= 4 is 17.2 Å². The molecule has 4 heterocycles. The van der Waals surface area contributed by atoms with E-state index in [1.165, 1.54) is 0 Å². The first-order chi connectivity index (χ1) is 12.6. The Morgan fingerprint density at radius 2 is 2.31 bits per heavy atom. The van der Waals surface area contributed by atoms with Crippen LogP contribution in [0.4, 0.5) is 0 Å². The standard InChI is InChI=1S/C17H19N5O3S/c1-11-5-16(25-20-11)17(23)21-6-14-3-4-18-22(14)8-15(7-21)24-9-13-10-26-12(2)19-13/h3-5,10,15H,6-9H2,1-2H3. The van der Waals surface area contributed by atoms with E-state index in [0.29, 0.717) is 31.9 Å². The Kier molecular flexibility index (Phi) is 4.56. The van der Waals surface area contributed by atoms with Crippen molar-refractivity contribution in [1.82, 2.24) is 24.8 Å². The summed E-state index contributed by atoms with van der Waals surface area (Å²) in [6, 6.07) is 3.57. The van der Waals surface area contributed by atoms with Crippen LogP contribution in [0.3, 0.4) is 0 Å². The van der Waals surface area contributed by atoms with Gasteiger partial charge in [0.25, 0.3) is 5.91 Å². The van der Waals surface area contributed by atoms with Crippen molar-refractivity contribution in [1.29, 1.82) is 0 Å². The Morgan fingerprint density at radius 1 is 1.42 bits per heavy atom. The summed E-state index contributed by atoms with van der Waals surface area (Å²) in [5.74, 6) is 0.0442. The summed E-state index contributed by atoms with van der Waals surface area (Å²) in [4.78, 5) is 19.0. The fraction of sp³-hybridized carbons (Fsp3) is 0.412. The topological polar surface area (TPSA) is 86.3 Å². The van der Waals surface area contributed by atoms with E-state index in [4.69, 9.17) is 9.26 Å². The van der Waals surface area contributed by atoms with E-state index >= 15 is 0 Å². The third-order valence-electron chi connectivity index (χ3n) is 4.22. The van der Waals surface area contributed by atoms with Gasteiger partial charge < -0.3 is 14.2 Å². The van der Waals surface area contributed by atoms with Crippen LogP contribution in [0.25, 0.3) is 0 Å². The molecule has 0 spiro atoms. The molecule has 0 N–H and O–H groups in total. The SMILES string of the molecule is Cc1cc(C(=O)N2Cc3ccnn3CC(OCc3csc(C)n3)C2)on1. The average Bonchev–Trinajstić information content (AvgIpc) is 3.32. The van der Waals surface area contributed by atoms with E-state index in [9.17, 15) is 4.79 Å². The van der Waals surface area contributed by atoms with Gasteiger partial charge in [-0.1, -0.05) is 5.16 Å². The molecule has 3 aromatic heterocycles. The molecule has 0 bridgehead atoms. The first kappa shape index (κ1) is 16.9. The number of nitrogens with zero attached hydrogens (tertiary/aromatic N) is 5. The zero-order valence-electron chi connectivity index (χ0n) is 14.6. The molecule has 8 nitrogen and oxygen atoms in total. The van der Waals surface area contributed by atoms with Crippen LogP contribution in [0, 0.1) is 13.8 Å². The minimum Gasteiger partial charge on any atom is -0.368 e. The highest BCUT2D eigenvalue weighted by Crippen LogP contribution is 2.18. The van der Waals surface area contributed by atoms with Gasteiger partial charge in [0.1, 0.15) is 0 Å². The second-order valence-electron chi connectivity index (χ2n) is 6.31. The van der Waals surface area contributed by atoms with Gasteiger partial charge >= 0.3 is 0 Å². The summed E-state index contributed by atoms with van der Waals surface area (Å²) in [5.41, 5.74) is 2.55. The van der Waals surface area contributed by atoms with Gasteiger partial charge in [-0.3, -0.25) is 9.48 Å². The van der Waals surface area contributed by atoms with E-state index < -0.39 is 0 Å². The molecule has 0 aliphatic carbocycles. The molecule has 1 unspecified atom stereocenters. The summed E-state index contributed by atoms with van der Waals surface area (Å²) in [5, 5.41) is 11.2. The number of carbonyl (C=O) groups excluding carboxylic acids is 1. The number of ether oxygens (including phenoxy) is 1. The quantitative estimate of drug-likeness (QED) is 0.697. The molecule has 136 valence electrons. The second kappa shape index (κ2) is 7.00. The zero-order chi connectivity index (χ0) is 18.1. The first-order valence-corrected chi connectivity index (χ1v) is 9.22. The monoisotopic (exact) mass is 373 g/mol. The molecule has 1 aliphatic rings. The van der Waals surface area contributed by atoms with Crippen molar-refractivity contribution < 1.29 is 14.1 Å². The molecule has 4 rings (SSSR count).